The predicted molar refractivity (Wildman–Crippen MR) is 183 cm³/mol. The first-order chi connectivity index (χ1) is 21.4. The fourth-order valence-corrected chi connectivity index (χ4v) is 6.23. The number of phosphoric acid groups is 1. The lowest BCUT2D eigenvalue weighted by molar-refractivity contribution is -0.147. The maximum atomic E-state index is 11.8. The largest absolute Gasteiger partial charge is 0.472 e. The van der Waals surface area contributed by atoms with Crippen LogP contribution in [0.5, 0.6) is 0 Å². The van der Waals surface area contributed by atoms with Crippen LogP contribution < -0.4 is 5.73 Å². The van der Waals surface area contributed by atoms with E-state index in [1.807, 2.05) is 0 Å². The van der Waals surface area contributed by atoms with Crippen LogP contribution in [0.3, 0.4) is 0 Å². The molecule has 264 valence electrons. The number of esters is 1. The molecule has 0 saturated heterocycles. The van der Waals surface area contributed by atoms with Gasteiger partial charge in [0, 0.05) is 13.0 Å². The minimum absolute atomic E-state index is 0.0771. The average molecular weight is 650 g/mol. The Bertz CT molecular complexity index is 653. The second kappa shape index (κ2) is 33.9. The number of hydrogen-bond acceptors (Lipinski definition) is 7. The molecule has 9 heteroatoms. The van der Waals surface area contributed by atoms with Gasteiger partial charge in [-0.15, -0.1) is 0 Å². The van der Waals surface area contributed by atoms with Crippen LogP contribution in [0.4, 0.5) is 0 Å². The maximum Gasteiger partial charge on any atom is 0.472 e. The number of carbonyl (C=O) groups excluding carboxylic acids is 1. The van der Waals surface area contributed by atoms with E-state index >= 15 is 0 Å². The topological polar surface area (TPSA) is 128 Å². The van der Waals surface area contributed by atoms with Crippen LogP contribution in [0.1, 0.15) is 187 Å². The molecule has 0 amide bonds. The van der Waals surface area contributed by atoms with E-state index < -0.39 is 20.5 Å². The normalized spacial score (nSPS) is 13.6. The van der Waals surface area contributed by atoms with Crippen molar-refractivity contribution in [2.75, 3.05) is 26.4 Å². The number of nitrogens with two attached hydrogens (primary N) is 1. The lowest BCUT2D eigenvalue weighted by Gasteiger charge is -2.15. The first kappa shape index (κ1) is 43.5. The Morgan fingerprint density at radius 3 is 1.27 bits per heavy atom. The third-order valence-electron chi connectivity index (χ3n) is 8.22. The summed E-state index contributed by atoms with van der Waals surface area (Å²) in [6.07, 6.45) is 35.6. The van der Waals surface area contributed by atoms with Gasteiger partial charge in [0.15, 0.2) is 0 Å². The molecule has 2 unspecified atom stereocenters. The Hall–Kier alpha value is -0.500. The van der Waals surface area contributed by atoms with Gasteiger partial charge in [-0.25, -0.2) is 4.57 Å². The molecule has 44 heavy (non-hydrogen) atoms. The van der Waals surface area contributed by atoms with Crippen molar-refractivity contribution in [1.29, 1.82) is 0 Å². The summed E-state index contributed by atoms with van der Waals surface area (Å²) in [4.78, 5) is 21.2. The molecular formula is C35H72NO7P. The SMILES string of the molecule is CCCCCCCCCCCCCCCCCCCCCCCCCCCCCC(=O)OCC(O)COP(=O)(O)OCCN. The number of aliphatic hydroxyl groups is 1. The number of carbonyl (C=O) groups is 1. The fourth-order valence-electron chi connectivity index (χ4n) is 5.46. The molecular weight excluding hydrogens is 577 g/mol. The van der Waals surface area contributed by atoms with E-state index in [-0.39, 0.29) is 25.7 Å². The zero-order valence-electron chi connectivity index (χ0n) is 28.7. The molecule has 0 aliphatic rings. The van der Waals surface area contributed by atoms with E-state index in [1.54, 1.807) is 0 Å². The molecule has 0 aromatic heterocycles. The summed E-state index contributed by atoms with van der Waals surface area (Å²) >= 11 is 0. The second-order valence-electron chi connectivity index (χ2n) is 12.7. The van der Waals surface area contributed by atoms with E-state index in [1.165, 1.54) is 154 Å². The van der Waals surface area contributed by atoms with Crippen LogP contribution in [0.2, 0.25) is 0 Å². The molecule has 0 rings (SSSR count). The van der Waals surface area contributed by atoms with Gasteiger partial charge in [-0.2, -0.15) is 0 Å². The van der Waals surface area contributed by atoms with Crippen LogP contribution in [-0.4, -0.2) is 48.4 Å². The van der Waals surface area contributed by atoms with Gasteiger partial charge in [0.25, 0.3) is 0 Å². The highest BCUT2D eigenvalue weighted by molar-refractivity contribution is 7.47. The number of hydrogen-bond donors (Lipinski definition) is 3. The molecule has 0 aromatic rings. The average Bonchev–Trinajstić information content (AvgIpc) is 3.01. The van der Waals surface area contributed by atoms with Crippen molar-refractivity contribution in [2.45, 2.75) is 193 Å². The molecule has 0 spiro atoms. The van der Waals surface area contributed by atoms with Gasteiger partial charge in [0.1, 0.15) is 12.7 Å². The minimum atomic E-state index is -4.25. The molecule has 0 heterocycles. The van der Waals surface area contributed by atoms with Gasteiger partial charge >= 0.3 is 13.8 Å². The minimum Gasteiger partial charge on any atom is -0.463 e. The van der Waals surface area contributed by atoms with Crippen molar-refractivity contribution in [1.82, 2.24) is 0 Å². The number of ether oxygens (including phenoxy) is 1. The summed E-state index contributed by atoms with van der Waals surface area (Å²) in [6.45, 7) is 1.49. The Morgan fingerprint density at radius 1 is 0.591 bits per heavy atom. The van der Waals surface area contributed by atoms with Crippen LogP contribution >= 0.6 is 7.82 Å². The highest BCUT2D eigenvalue weighted by Gasteiger charge is 2.22. The van der Waals surface area contributed by atoms with Gasteiger partial charge < -0.3 is 20.5 Å². The van der Waals surface area contributed by atoms with Crippen molar-refractivity contribution in [3.63, 3.8) is 0 Å². The summed E-state index contributed by atoms with van der Waals surface area (Å²) in [7, 11) is -4.25. The van der Waals surface area contributed by atoms with Gasteiger partial charge in [0.05, 0.1) is 13.2 Å². The van der Waals surface area contributed by atoms with Gasteiger partial charge in [-0.05, 0) is 6.42 Å². The second-order valence-corrected chi connectivity index (χ2v) is 14.1. The summed E-state index contributed by atoms with van der Waals surface area (Å²) in [6, 6.07) is 0. The zero-order chi connectivity index (χ0) is 32.4. The molecule has 0 fully saturated rings. The fraction of sp³-hybridized carbons (Fsp3) is 0.971. The van der Waals surface area contributed by atoms with Gasteiger partial charge in [-0.1, -0.05) is 174 Å². The van der Waals surface area contributed by atoms with E-state index in [0.29, 0.717) is 6.42 Å². The van der Waals surface area contributed by atoms with Crippen molar-refractivity contribution >= 4 is 13.8 Å². The van der Waals surface area contributed by atoms with Gasteiger partial charge in [-0.3, -0.25) is 13.8 Å². The Kier molecular flexibility index (Phi) is 33.5. The van der Waals surface area contributed by atoms with Crippen LogP contribution in [0.15, 0.2) is 0 Å². The predicted octanol–water partition coefficient (Wildman–Crippen LogP) is 9.93. The van der Waals surface area contributed by atoms with Crippen LogP contribution in [0, 0.1) is 0 Å². The Labute approximate surface area is 271 Å². The summed E-state index contributed by atoms with van der Waals surface area (Å²) in [5, 5.41) is 9.75. The highest BCUT2D eigenvalue weighted by atomic mass is 31.2. The van der Waals surface area contributed by atoms with Crippen LogP contribution in [0.25, 0.3) is 0 Å². The number of aliphatic hydroxyl groups excluding tert-OH is 1. The van der Waals surface area contributed by atoms with Crippen LogP contribution in [-0.2, 0) is 23.1 Å². The summed E-state index contributed by atoms with van der Waals surface area (Å²) in [5.41, 5.74) is 5.19. The molecule has 0 radical (unpaired) electrons. The Morgan fingerprint density at radius 2 is 0.932 bits per heavy atom. The number of unbranched alkanes of at least 4 members (excludes halogenated alkanes) is 26. The summed E-state index contributed by atoms with van der Waals surface area (Å²) in [5.74, 6) is -0.379. The molecule has 0 aliphatic heterocycles. The zero-order valence-corrected chi connectivity index (χ0v) is 29.6. The first-order valence-electron chi connectivity index (χ1n) is 18.6. The monoisotopic (exact) mass is 650 g/mol. The molecule has 8 nitrogen and oxygen atoms in total. The summed E-state index contributed by atoms with van der Waals surface area (Å²) < 4.78 is 25.7. The molecule has 0 bridgehead atoms. The van der Waals surface area contributed by atoms with Crippen molar-refractivity contribution in [2.24, 2.45) is 5.73 Å². The van der Waals surface area contributed by atoms with Crippen molar-refractivity contribution < 1.29 is 33.1 Å². The standard InChI is InChI=1S/C35H72NO7P/c1-2-3-4-5-6-7-8-9-10-11-12-13-14-15-16-17-18-19-20-21-22-23-24-25-26-27-28-29-35(38)41-32-34(37)33-43-44(39,40)42-31-30-36/h34,37H,2-33,36H2,1H3,(H,39,40). The smallest absolute Gasteiger partial charge is 0.463 e. The molecule has 4 N–H and O–H groups in total. The molecule has 2 atom stereocenters. The van der Waals surface area contributed by atoms with E-state index in [4.69, 9.17) is 10.5 Å². The van der Waals surface area contributed by atoms with Crippen molar-refractivity contribution in [3.05, 3.63) is 0 Å². The first-order valence-corrected chi connectivity index (χ1v) is 20.1. The molecule has 0 saturated carbocycles. The van der Waals surface area contributed by atoms with E-state index in [9.17, 15) is 19.4 Å². The third kappa shape index (κ3) is 34.4. The third-order valence-corrected chi connectivity index (χ3v) is 9.21. The van der Waals surface area contributed by atoms with E-state index in [0.717, 1.165) is 19.3 Å². The lowest BCUT2D eigenvalue weighted by atomic mass is 10.0. The highest BCUT2D eigenvalue weighted by Crippen LogP contribution is 2.42. The van der Waals surface area contributed by atoms with Gasteiger partial charge in [0.2, 0.25) is 0 Å². The maximum absolute atomic E-state index is 11.8. The lowest BCUT2D eigenvalue weighted by Crippen LogP contribution is -2.23. The van der Waals surface area contributed by atoms with E-state index in [2.05, 4.69) is 16.0 Å². The molecule has 0 aliphatic carbocycles. The quantitative estimate of drug-likeness (QED) is 0.0347. The molecule has 0 aromatic carbocycles. The Balaban J connectivity index is 3.26. The van der Waals surface area contributed by atoms with Crippen molar-refractivity contribution in [3.8, 4) is 0 Å². The number of rotatable bonds is 36. The number of phosphoric ester groups is 1.